The monoisotopic (exact) mass is 289 g/mol. The Bertz CT molecular complexity index is 497. The molecule has 0 spiro atoms. The number of carbonyl (C=O) groups is 1. The summed E-state index contributed by atoms with van der Waals surface area (Å²) in [5.41, 5.74) is 8.45. The molecule has 116 valence electrons. The first-order valence-electron chi connectivity index (χ1n) is 7.72. The van der Waals surface area contributed by atoms with Crippen LogP contribution in [0, 0.1) is 0 Å². The van der Waals surface area contributed by atoms with Gasteiger partial charge in [0.05, 0.1) is 0 Å². The number of amides is 1. The summed E-state index contributed by atoms with van der Waals surface area (Å²) < 4.78 is 0. The van der Waals surface area contributed by atoms with Crippen molar-refractivity contribution in [1.82, 2.24) is 10.2 Å². The highest BCUT2D eigenvalue weighted by atomic mass is 16.1. The molecule has 1 aromatic rings. The molecular weight excluding hydrogens is 262 g/mol. The molecule has 1 unspecified atom stereocenters. The molecule has 21 heavy (non-hydrogen) atoms. The van der Waals surface area contributed by atoms with Crippen LogP contribution in [0.1, 0.15) is 38.3 Å². The highest BCUT2D eigenvalue weighted by Gasteiger charge is 2.30. The number of nitrogens with one attached hydrogen (secondary N) is 1. The number of carbonyl (C=O) groups excluding carboxylic acids is 1. The van der Waals surface area contributed by atoms with E-state index in [0.29, 0.717) is 13.0 Å². The molecule has 1 atom stereocenters. The molecule has 0 saturated carbocycles. The van der Waals surface area contributed by atoms with Gasteiger partial charge in [-0.05, 0) is 38.3 Å². The van der Waals surface area contributed by atoms with E-state index in [2.05, 4.69) is 48.3 Å². The van der Waals surface area contributed by atoms with Crippen LogP contribution in [0.5, 0.6) is 0 Å². The average Bonchev–Trinajstić information content (AvgIpc) is 2.44. The molecule has 1 aliphatic heterocycles. The van der Waals surface area contributed by atoms with Gasteiger partial charge in [-0.3, -0.25) is 9.69 Å². The standard InChI is InChI=1S/C17H27N3O/c1-13(18)10-16(21)19-12-17(2,3)20-9-8-14-6-4-5-7-15(14)11-20/h4-7,13H,8-12,18H2,1-3H3,(H,19,21). The first-order valence-corrected chi connectivity index (χ1v) is 7.72. The largest absolute Gasteiger partial charge is 0.354 e. The third-order valence-corrected chi connectivity index (χ3v) is 4.21. The molecule has 2 rings (SSSR count). The van der Waals surface area contributed by atoms with Crippen molar-refractivity contribution in [3.63, 3.8) is 0 Å². The van der Waals surface area contributed by atoms with Crippen molar-refractivity contribution in [2.75, 3.05) is 13.1 Å². The van der Waals surface area contributed by atoms with Gasteiger partial charge in [0.15, 0.2) is 0 Å². The van der Waals surface area contributed by atoms with Crippen LogP contribution >= 0.6 is 0 Å². The number of rotatable bonds is 5. The fraction of sp³-hybridized carbons (Fsp3) is 0.588. The van der Waals surface area contributed by atoms with Crippen LogP contribution < -0.4 is 11.1 Å². The fourth-order valence-electron chi connectivity index (χ4n) is 2.80. The second-order valence-corrected chi connectivity index (χ2v) is 6.71. The zero-order valence-electron chi connectivity index (χ0n) is 13.4. The molecular formula is C17H27N3O. The summed E-state index contributed by atoms with van der Waals surface area (Å²) in [5, 5.41) is 3.01. The molecule has 4 heteroatoms. The molecule has 1 aromatic carbocycles. The second-order valence-electron chi connectivity index (χ2n) is 6.71. The molecule has 1 amide bonds. The van der Waals surface area contributed by atoms with Crippen LogP contribution in [0.2, 0.25) is 0 Å². The number of hydrogen-bond donors (Lipinski definition) is 2. The normalized spacial score (nSPS) is 17.1. The maximum atomic E-state index is 11.8. The van der Waals surface area contributed by atoms with E-state index in [1.807, 2.05) is 6.92 Å². The molecule has 1 heterocycles. The van der Waals surface area contributed by atoms with Crippen LogP contribution in [-0.2, 0) is 17.8 Å². The molecule has 0 fully saturated rings. The molecule has 0 aliphatic carbocycles. The van der Waals surface area contributed by atoms with Gasteiger partial charge in [0.2, 0.25) is 5.91 Å². The van der Waals surface area contributed by atoms with Crippen molar-refractivity contribution in [1.29, 1.82) is 0 Å². The van der Waals surface area contributed by atoms with Crippen molar-refractivity contribution in [2.45, 2.75) is 51.7 Å². The number of hydrogen-bond acceptors (Lipinski definition) is 3. The minimum atomic E-state index is -0.0880. The lowest BCUT2D eigenvalue weighted by Gasteiger charge is -2.41. The quantitative estimate of drug-likeness (QED) is 0.867. The fourth-order valence-corrected chi connectivity index (χ4v) is 2.80. The Hall–Kier alpha value is -1.39. The average molecular weight is 289 g/mol. The topological polar surface area (TPSA) is 58.4 Å². The zero-order chi connectivity index (χ0) is 15.5. The number of benzene rings is 1. The summed E-state index contributed by atoms with van der Waals surface area (Å²) in [7, 11) is 0. The van der Waals surface area contributed by atoms with Crippen molar-refractivity contribution in [3.8, 4) is 0 Å². The summed E-state index contributed by atoms with van der Waals surface area (Å²) in [6.45, 7) is 8.87. The predicted octanol–water partition coefficient (Wildman–Crippen LogP) is 1.68. The molecule has 3 N–H and O–H groups in total. The maximum absolute atomic E-state index is 11.8. The summed E-state index contributed by atoms with van der Waals surface area (Å²) in [5.74, 6) is 0.0375. The Morgan fingerprint density at radius 3 is 2.71 bits per heavy atom. The third kappa shape index (κ3) is 4.29. The smallest absolute Gasteiger partial charge is 0.221 e. The first kappa shape index (κ1) is 16.0. The lowest BCUT2D eigenvalue weighted by atomic mass is 9.94. The van der Waals surface area contributed by atoms with Gasteiger partial charge in [-0.2, -0.15) is 0 Å². The van der Waals surface area contributed by atoms with Gasteiger partial charge < -0.3 is 11.1 Å². The summed E-state index contributed by atoms with van der Waals surface area (Å²) in [4.78, 5) is 14.2. The van der Waals surface area contributed by atoms with Gasteiger partial charge in [0, 0.05) is 37.6 Å². The molecule has 1 aliphatic rings. The second kappa shape index (κ2) is 6.58. The lowest BCUT2D eigenvalue weighted by Crippen LogP contribution is -2.53. The van der Waals surface area contributed by atoms with E-state index in [4.69, 9.17) is 5.73 Å². The van der Waals surface area contributed by atoms with Crippen LogP contribution in [0.3, 0.4) is 0 Å². The van der Waals surface area contributed by atoms with Gasteiger partial charge >= 0.3 is 0 Å². The Morgan fingerprint density at radius 1 is 1.38 bits per heavy atom. The minimum absolute atomic E-state index is 0.0375. The molecule has 0 aromatic heterocycles. The van der Waals surface area contributed by atoms with Gasteiger partial charge in [0.25, 0.3) is 0 Å². The van der Waals surface area contributed by atoms with E-state index < -0.39 is 0 Å². The number of nitrogens with zero attached hydrogens (tertiary/aromatic N) is 1. The van der Waals surface area contributed by atoms with Gasteiger partial charge in [-0.15, -0.1) is 0 Å². The first-order chi connectivity index (χ1) is 9.88. The van der Waals surface area contributed by atoms with Crippen LogP contribution in [-0.4, -0.2) is 35.5 Å². The Balaban J connectivity index is 1.93. The van der Waals surface area contributed by atoms with E-state index in [-0.39, 0.29) is 17.5 Å². The van der Waals surface area contributed by atoms with Gasteiger partial charge in [-0.25, -0.2) is 0 Å². The maximum Gasteiger partial charge on any atom is 0.221 e. The minimum Gasteiger partial charge on any atom is -0.354 e. The third-order valence-electron chi connectivity index (χ3n) is 4.21. The van der Waals surface area contributed by atoms with E-state index in [1.54, 1.807) is 0 Å². The molecule has 0 saturated heterocycles. The Kier molecular flexibility index (Phi) is 5.01. The van der Waals surface area contributed by atoms with E-state index in [9.17, 15) is 4.79 Å². The number of fused-ring (bicyclic) bond motifs is 1. The summed E-state index contributed by atoms with van der Waals surface area (Å²) in [6.07, 6.45) is 1.46. The van der Waals surface area contributed by atoms with Crippen molar-refractivity contribution < 1.29 is 4.79 Å². The van der Waals surface area contributed by atoms with E-state index in [1.165, 1.54) is 11.1 Å². The zero-order valence-corrected chi connectivity index (χ0v) is 13.4. The number of nitrogens with two attached hydrogens (primary N) is 1. The van der Waals surface area contributed by atoms with Gasteiger partial charge in [-0.1, -0.05) is 24.3 Å². The Labute approximate surface area is 127 Å². The van der Waals surface area contributed by atoms with Crippen molar-refractivity contribution >= 4 is 5.91 Å². The summed E-state index contributed by atoms with van der Waals surface area (Å²) in [6, 6.07) is 8.53. The van der Waals surface area contributed by atoms with E-state index >= 15 is 0 Å². The Morgan fingerprint density at radius 2 is 2.05 bits per heavy atom. The highest BCUT2D eigenvalue weighted by molar-refractivity contribution is 5.76. The van der Waals surface area contributed by atoms with Crippen LogP contribution in [0.4, 0.5) is 0 Å². The van der Waals surface area contributed by atoms with E-state index in [0.717, 1.165) is 19.5 Å². The van der Waals surface area contributed by atoms with Crippen molar-refractivity contribution in [2.24, 2.45) is 5.73 Å². The summed E-state index contributed by atoms with van der Waals surface area (Å²) >= 11 is 0. The van der Waals surface area contributed by atoms with Crippen LogP contribution in [0.25, 0.3) is 0 Å². The predicted molar refractivity (Wildman–Crippen MR) is 85.9 cm³/mol. The molecule has 0 radical (unpaired) electrons. The molecule has 0 bridgehead atoms. The van der Waals surface area contributed by atoms with Gasteiger partial charge in [0.1, 0.15) is 0 Å². The lowest BCUT2D eigenvalue weighted by molar-refractivity contribution is -0.122. The molecule has 4 nitrogen and oxygen atoms in total. The van der Waals surface area contributed by atoms with Crippen LogP contribution in [0.15, 0.2) is 24.3 Å². The highest BCUT2D eigenvalue weighted by Crippen LogP contribution is 2.24. The SMILES string of the molecule is CC(N)CC(=O)NCC(C)(C)N1CCc2ccccc2C1. The van der Waals surface area contributed by atoms with Crippen molar-refractivity contribution in [3.05, 3.63) is 35.4 Å².